The number of H-pyrrole nitrogens is 1. The second kappa shape index (κ2) is 9.38. The molecule has 166 valence electrons. The molecule has 0 fully saturated rings. The average Bonchev–Trinajstić information content (AvgIpc) is 3.47. The fourth-order valence-electron chi connectivity index (χ4n) is 4.02. The van der Waals surface area contributed by atoms with Crippen LogP contribution in [-0.2, 0) is 13.0 Å². The monoisotopic (exact) mass is 455 g/mol. The van der Waals surface area contributed by atoms with E-state index in [0.717, 1.165) is 51.7 Å². The van der Waals surface area contributed by atoms with Gasteiger partial charge in [0.1, 0.15) is 17.2 Å². The van der Waals surface area contributed by atoms with Crippen molar-refractivity contribution in [3.8, 4) is 22.8 Å². The predicted molar refractivity (Wildman–Crippen MR) is 135 cm³/mol. The van der Waals surface area contributed by atoms with Gasteiger partial charge >= 0.3 is 0 Å². The molecule has 2 aromatic heterocycles. The van der Waals surface area contributed by atoms with E-state index < -0.39 is 0 Å². The van der Waals surface area contributed by atoms with Crippen molar-refractivity contribution in [3.63, 3.8) is 0 Å². The molecular formula is C27H25N3O2S. The molecule has 1 N–H and O–H groups in total. The molecule has 33 heavy (non-hydrogen) atoms. The smallest absolute Gasteiger partial charge is 0.190 e. The number of aryl methyl sites for hydroxylation is 1. The number of benzene rings is 3. The second-order valence-corrected chi connectivity index (χ2v) is 8.51. The number of nitrogens with zero attached hydrogens (tertiary/aromatic N) is 2. The van der Waals surface area contributed by atoms with E-state index in [1.165, 1.54) is 10.9 Å². The molecule has 0 saturated carbocycles. The van der Waals surface area contributed by atoms with Crippen LogP contribution in [0, 0.1) is 0 Å². The van der Waals surface area contributed by atoms with Gasteiger partial charge < -0.3 is 19.0 Å². The first-order chi connectivity index (χ1) is 16.3. The number of rotatable bonds is 7. The van der Waals surface area contributed by atoms with Gasteiger partial charge in [-0.05, 0) is 60.0 Å². The summed E-state index contributed by atoms with van der Waals surface area (Å²) in [5.41, 5.74) is 5.55. The number of aromatic amines is 1. The van der Waals surface area contributed by atoms with E-state index in [1.54, 1.807) is 25.6 Å². The maximum atomic E-state index is 5.53. The molecule has 0 atom stereocenters. The third kappa shape index (κ3) is 4.30. The normalized spacial score (nSPS) is 11.8. The largest absolute Gasteiger partial charge is 0.497 e. The predicted octanol–water partition coefficient (Wildman–Crippen LogP) is 6.19. The number of nitrogens with one attached hydrogen (secondary N) is 1. The average molecular weight is 456 g/mol. The lowest BCUT2D eigenvalue weighted by Gasteiger charge is -2.10. The van der Waals surface area contributed by atoms with Gasteiger partial charge in [-0.25, -0.2) is 4.99 Å². The van der Waals surface area contributed by atoms with Crippen LogP contribution in [0.1, 0.15) is 5.56 Å². The number of methoxy groups -OCH3 is 2. The van der Waals surface area contributed by atoms with Crippen molar-refractivity contribution in [2.75, 3.05) is 14.2 Å². The molecule has 2 heterocycles. The summed E-state index contributed by atoms with van der Waals surface area (Å²) in [5, 5.41) is 3.44. The lowest BCUT2D eigenvalue weighted by Crippen LogP contribution is -2.17. The lowest BCUT2D eigenvalue weighted by atomic mass is 10.1. The van der Waals surface area contributed by atoms with Gasteiger partial charge in [0.15, 0.2) is 4.80 Å². The minimum absolute atomic E-state index is 0.764. The Kier molecular flexibility index (Phi) is 6.00. The molecule has 0 saturated heterocycles. The van der Waals surface area contributed by atoms with Gasteiger partial charge in [0.05, 0.1) is 19.9 Å². The van der Waals surface area contributed by atoms with Crippen LogP contribution in [-0.4, -0.2) is 23.8 Å². The molecule has 0 radical (unpaired) electrons. The van der Waals surface area contributed by atoms with Crippen LogP contribution < -0.4 is 14.3 Å². The van der Waals surface area contributed by atoms with Crippen molar-refractivity contribution in [1.82, 2.24) is 9.55 Å². The van der Waals surface area contributed by atoms with Gasteiger partial charge in [0.2, 0.25) is 0 Å². The number of hydrogen-bond acceptors (Lipinski definition) is 4. The summed E-state index contributed by atoms with van der Waals surface area (Å²) in [6.07, 6.45) is 3.00. The maximum Gasteiger partial charge on any atom is 0.190 e. The Labute approximate surface area is 196 Å². The lowest BCUT2D eigenvalue weighted by molar-refractivity contribution is 0.415. The minimum atomic E-state index is 0.764. The summed E-state index contributed by atoms with van der Waals surface area (Å²) in [6, 6.07) is 24.5. The summed E-state index contributed by atoms with van der Waals surface area (Å²) >= 11 is 1.64. The molecule has 0 unspecified atom stereocenters. The van der Waals surface area contributed by atoms with E-state index in [4.69, 9.17) is 14.5 Å². The van der Waals surface area contributed by atoms with E-state index in [-0.39, 0.29) is 0 Å². The molecule has 3 aromatic carbocycles. The summed E-state index contributed by atoms with van der Waals surface area (Å²) < 4.78 is 13.2. The zero-order chi connectivity index (χ0) is 22.6. The van der Waals surface area contributed by atoms with Crippen molar-refractivity contribution >= 4 is 27.9 Å². The van der Waals surface area contributed by atoms with Crippen LogP contribution in [0.5, 0.6) is 11.5 Å². The van der Waals surface area contributed by atoms with E-state index in [0.29, 0.717) is 0 Å². The highest BCUT2D eigenvalue weighted by atomic mass is 32.1. The van der Waals surface area contributed by atoms with E-state index >= 15 is 0 Å². The van der Waals surface area contributed by atoms with Gasteiger partial charge in [0.25, 0.3) is 0 Å². The van der Waals surface area contributed by atoms with Crippen LogP contribution in [0.2, 0.25) is 0 Å². The first kappa shape index (κ1) is 21.1. The number of para-hydroxylation sites is 3. The molecule has 0 spiro atoms. The highest BCUT2D eigenvalue weighted by Gasteiger charge is 2.11. The van der Waals surface area contributed by atoms with Gasteiger partial charge in [-0.1, -0.05) is 30.3 Å². The number of ether oxygens (including phenoxy) is 2. The first-order valence-electron chi connectivity index (χ1n) is 10.8. The molecule has 5 aromatic rings. The SMILES string of the molecule is COc1ccc(-c2csc(=Nc3ccccc3OC)n2CCc2c[nH]c3ccccc23)cc1. The Morgan fingerprint density at radius 2 is 1.70 bits per heavy atom. The maximum absolute atomic E-state index is 5.53. The van der Waals surface area contributed by atoms with Crippen molar-refractivity contribution in [2.45, 2.75) is 13.0 Å². The van der Waals surface area contributed by atoms with Crippen LogP contribution >= 0.6 is 11.3 Å². The summed E-state index contributed by atoms with van der Waals surface area (Å²) in [6.45, 7) is 0.806. The van der Waals surface area contributed by atoms with Gasteiger partial charge in [-0.3, -0.25) is 0 Å². The van der Waals surface area contributed by atoms with E-state index in [9.17, 15) is 0 Å². The molecule has 0 amide bonds. The highest BCUT2D eigenvalue weighted by molar-refractivity contribution is 7.07. The van der Waals surface area contributed by atoms with Gasteiger partial charge in [-0.15, -0.1) is 11.3 Å². The third-order valence-corrected chi connectivity index (χ3v) is 6.63. The van der Waals surface area contributed by atoms with Crippen molar-refractivity contribution in [1.29, 1.82) is 0 Å². The first-order valence-corrected chi connectivity index (χ1v) is 11.7. The number of thiazole rings is 1. The van der Waals surface area contributed by atoms with Gasteiger partial charge in [-0.2, -0.15) is 0 Å². The number of hydrogen-bond donors (Lipinski definition) is 1. The molecule has 5 nitrogen and oxygen atoms in total. The summed E-state index contributed by atoms with van der Waals surface area (Å²) in [5.74, 6) is 1.61. The second-order valence-electron chi connectivity index (χ2n) is 7.68. The molecule has 5 rings (SSSR count). The topological polar surface area (TPSA) is 51.5 Å². The molecular weight excluding hydrogens is 430 g/mol. The molecule has 0 aliphatic rings. The third-order valence-electron chi connectivity index (χ3n) is 5.76. The van der Waals surface area contributed by atoms with Crippen LogP contribution in [0.15, 0.2) is 89.4 Å². The molecule has 0 aliphatic carbocycles. The fourth-order valence-corrected chi connectivity index (χ4v) is 4.97. The Balaban J connectivity index is 1.57. The number of fused-ring (bicyclic) bond motifs is 1. The summed E-state index contributed by atoms with van der Waals surface area (Å²) in [4.78, 5) is 9.30. The van der Waals surface area contributed by atoms with E-state index in [2.05, 4.69) is 57.5 Å². The molecule has 0 aliphatic heterocycles. The molecule has 0 bridgehead atoms. The van der Waals surface area contributed by atoms with Crippen molar-refractivity contribution in [3.05, 3.63) is 94.7 Å². The van der Waals surface area contributed by atoms with Crippen LogP contribution in [0.3, 0.4) is 0 Å². The van der Waals surface area contributed by atoms with Crippen molar-refractivity contribution in [2.24, 2.45) is 4.99 Å². The Morgan fingerprint density at radius 3 is 2.52 bits per heavy atom. The Hall–Kier alpha value is -3.77. The number of aromatic nitrogens is 2. The fraction of sp³-hybridized carbons (Fsp3) is 0.148. The zero-order valence-electron chi connectivity index (χ0n) is 18.6. The Bertz CT molecular complexity index is 1440. The Morgan fingerprint density at radius 1 is 0.909 bits per heavy atom. The minimum Gasteiger partial charge on any atom is -0.497 e. The molecule has 6 heteroatoms. The van der Waals surface area contributed by atoms with E-state index in [1.807, 2.05) is 36.4 Å². The standard InChI is InChI=1S/C27H25N3O2S/c1-31-21-13-11-19(12-14-21)25-18-33-27(29-24-9-5-6-10-26(24)32-2)30(25)16-15-20-17-28-23-8-4-3-7-22(20)23/h3-14,17-18,28H,15-16H2,1-2H3. The summed E-state index contributed by atoms with van der Waals surface area (Å²) in [7, 11) is 3.36. The van der Waals surface area contributed by atoms with Crippen LogP contribution in [0.25, 0.3) is 22.2 Å². The van der Waals surface area contributed by atoms with Gasteiger partial charge in [0, 0.05) is 29.0 Å². The zero-order valence-corrected chi connectivity index (χ0v) is 19.4. The quantitative estimate of drug-likeness (QED) is 0.318. The van der Waals surface area contributed by atoms with Crippen LogP contribution in [0.4, 0.5) is 5.69 Å². The van der Waals surface area contributed by atoms with Crippen molar-refractivity contribution < 1.29 is 9.47 Å². The highest BCUT2D eigenvalue weighted by Crippen LogP contribution is 2.28.